The van der Waals surface area contributed by atoms with Crippen LogP contribution in [0, 0.1) is 0 Å². The number of rotatable bonds is 5. The van der Waals surface area contributed by atoms with Crippen LogP contribution in [0.5, 0.6) is 0 Å². The quantitative estimate of drug-likeness (QED) is 0.729. The van der Waals surface area contributed by atoms with Gasteiger partial charge in [-0.2, -0.15) is 5.10 Å². The van der Waals surface area contributed by atoms with Gasteiger partial charge in [-0.3, -0.25) is 4.68 Å². The molecule has 1 aromatic rings. The highest BCUT2D eigenvalue weighted by Gasteiger charge is 2.11. The van der Waals surface area contributed by atoms with Gasteiger partial charge in [0.2, 0.25) is 0 Å². The van der Waals surface area contributed by atoms with E-state index in [4.69, 9.17) is 10.5 Å². The van der Waals surface area contributed by atoms with Crippen LogP contribution in [-0.2, 0) is 18.2 Å². The third-order valence-corrected chi connectivity index (χ3v) is 2.29. The van der Waals surface area contributed by atoms with Gasteiger partial charge in [-0.15, -0.1) is 0 Å². The Labute approximate surface area is 84.3 Å². The van der Waals surface area contributed by atoms with E-state index in [1.807, 2.05) is 14.0 Å². The fraction of sp³-hybridized carbons (Fsp3) is 0.778. The lowest BCUT2D eigenvalue weighted by Gasteiger charge is -2.15. The molecule has 2 unspecified atom stereocenters. The molecule has 2 N–H and O–H groups in total. The predicted octanol–water partition coefficient (Wildman–Crippen LogP) is 0.110. The van der Waals surface area contributed by atoms with Gasteiger partial charge in [-0.05, 0) is 13.3 Å². The molecule has 0 radical (unpaired) electrons. The Morgan fingerprint density at radius 2 is 2.36 bits per heavy atom. The van der Waals surface area contributed by atoms with Gasteiger partial charge in [-0.25, -0.2) is 4.98 Å². The summed E-state index contributed by atoms with van der Waals surface area (Å²) in [5.74, 6) is 0.917. The molecule has 1 heterocycles. The molecule has 1 aromatic heterocycles. The highest BCUT2D eigenvalue weighted by atomic mass is 16.5. The van der Waals surface area contributed by atoms with Crippen molar-refractivity contribution in [3.63, 3.8) is 0 Å². The summed E-state index contributed by atoms with van der Waals surface area (Å²) in [7, 11) is 3.56. The molecule has 0 spiro atoms. The van der Waals surface area contributed by atoms with Crippen LogP contribution in [0.3, 0.4) is 0 Å². The summed E-state index contributed by atoms with van der Waals surface area (Å²) in [5, 5.41) is 3.99. The summed E-state index contributed by atoms with van der Waals surface area (Å²) in [6, 6.07) is 0.0767. The molecule has 0 fully saturated rings. The molecule has 0 amide bonds. The summed E-state index contributed by atoms with van der Waals surface area (Å²) >= 11 is 0. The van der Waals surface area contributed by atoms with E-state index in [0.29, 0.717) is 0 Å². The molecule has 0 aliphatic rings. The van der Waals surface area contributed by atoms with Crippen LogP contribution in [0.25, 0.3) is 0 Å². The van der Waals surface area contributed by atoms with Crippen LogP contribution < -0.4 is 5.73 Å². The molecular weight excluding hydrogens is 180 g/mol. The molecule has 5 nitrogen and oxygen atoms in total. The molecule has 0 saturated carbocycles. The minimum Gasteiger partial charge on any atom is -0.382 e. The Bertz CT molecular complexity index is 274. The summed E-state index contributed by atoms with van der Waals surface area (Å²) < 4.78 is 6.89. The molecule has 0 aliphatic heterocycles. The van der Waals surface area contributed by atoms with E-state index in [2.05, 4.69) is 10.1 Å². The van der Waals surface area contributed by atoms with Crippen molar-refractivity contribution in [1.82, 2.24) is 14.8 Å². The van der Waals surface area contributed by atoms with E-state index in [0.717, 1.165) is 18.7 Å². The Kier molecular flexibility index (Phi) is 4.03. The Morgan fingerprint density at radius 1 is 1.64 bits per heavy atom. The van der Waals surface area contributed by atoms with E-state index in [-0.39, 0.29) is 12.1 Å². The first kappa shape index (κ1) is 11.1. The molecule has 14 heavy (non-hydrogen) atoms. The second-order valence-electron chi connectivity index (χ2n) is 3.55. The SMILES string of the molecule is COC(C)CC(N)Cc1ncnn1C. The number of hydrogen-bond acceptors (Lipinski definition) is 4. The fourth-order valence-corrected chi connectivity index (χ4v) is 1.35. The molecule has 1 rings (SSSR count). The van der Waals surface area contributed by atoms with Gasteiger partial charge in [0.1, 0.15) is 12.2 Å². The zero-order valence-corrected chi connectivity index (χ0v) is 8.97. The first-order valence-corrected chi connectivity index (χ1v) is 4.74. The maximum Gasteiger partial charge on any atom is 0.138 e. The first-order valence-electron chi connectivity index (χ1n) is 4.74. The maximum absolute atomic E-state index is 5.95. The second kappa shape index (κ2) is 5.07. The van der Waals surface area contributed by atoms with E-state index in [1.165, 1.54) is 0 Å². The average Bonchev–Trinajstić information content (AvgIpc) is 2.51. The second-order valence-corrected chi connectivity index (χ2v) is 3.55. The predicted molar refractivity (Wildman–Crippen MR) is 53.8 cm³/mol. The van der Waals surface area contributed by atoms with Crippen LogP contribution in [0.1, 0.15) is 19.2 Å². The number of nitrogens with zero attached hydrogens (tertiary/aromatic N) is 3. The van der Waals surface area contributed by atoms with Crippen LogP contribution >= 0.6 is 0 Å². The van der Waals surface area contributed by atoms with Crippen LogP contribution in [0.2, 0.25) is 0 Å². The van der Waals surface area contributed by atoms with Crippen molar-refractivity contribution in [1.29, 1.82) is 0 Å². The molecule has 80 valence electrons. The van der Waals surface area contributed by atoms with E-state index in [1.54, 1.807) is 18.1 Å². The molecule has 2 atom stereocenters. The molecule has 0 aliphatic carbocycles. The van der Waals surface area contributed by atoms with Gasteiger partial charge in [0, 0.05) is 26.6 Å². The Morgan fingerprint density at radius 3 is 2.86 bits per heavy atom. The molecule has 5 heteroatoms. The van der Waals surface area contributed by atoms with Crippen LogP contribution in [0.15, 0.2) is 6.33 Å². The minimum atomic E-state index is 0.0767. The molecule has 0 saturated heterocycles. The standard InChI is InChI=1S/C9H18N4O/c1-7(14-3)4-8(10)5-9-11-6-12-13(9)2/h6-8H,4-5,10H2,1-3H3. The maximum atomic E-state index is 5.95. The number of methoxy groups -OCH3 is 1. The third kappa shape index (κ3) is 3.08. The Balaban J connectivity index is 2.41. The minimum absolute atomic E-state index is 0.0767. The van der Waals surface area contributed by atoms with Crippen molar-refractivity contribution < 1.29 is 4.74 Å². The van der Waals surface area contributed by atoms with Crippen molar-refractivity contribution in [2.24, 2.45) is 12.8 Å². The summed E-state index contributed by atoms with van der Waals surface area (Å²) in [5.41, 5.74) is 5.95. The molecule has 0 bridgehead atoms. The normalized spacial score (nSPS) is 15.4. The van der Waals surface area contributed by atoms with Crippen molar-refractivity contribution in [3.8, 4) is 0 Å². The lowest BCUT2D eigenvalue weighted by Crippen LogP contribution is -2.29. The number of aromatic nitrogens is 3. The fourth-order valence-electron chi connectivity index (χ4n) is 1.35. The van der Waals surface area contributed by atoms with Gasteiger partial charge in [0.15, 0.2) is 0 Å². The topological polar surface area (TPSA) is 66.0 Å². The largest absolute Gasteiger partial charge is 0.382 e. The van der Waals surface area contributed by atoms with Crippen LogP contribution in [0.4, 0.5) is 0 Å². The Hall–Kier alpha value is -0.940. The first-order chi connectivity index (χ1) is 6.63. The van der Waals surface area contributed by atoms with Crippen molar-refractivity contribution in [2.45, 2.75) is 31.9 Å². The van der Waals surface area contributed by atoms with Gasteiger partial charge >= 0.3 is 0 Å². The number of aryl methyl sites for hydroxylation is 1. The zero-order chi connectivity index (χ0) is 10.6. The lowest BCUT2D eigenvalue weighted by atomic mass is 10.1. The van der Waals surface area contributed by atoms with Crippen LogP contribution in [-0.4, -0.2) is 34.0 Å². The monoisotopic (exact) mass is 198 g/mol. The average molecular weight is 198 g/mol. The summed E-state index contributed by atoms with van der Waals surface area (Å²) in [6.07, 6.45) is 3.31. The van der Waals surface area contributed by atoms with Crippen molar-refractivity contribution in [2.75, 3.05) is 7.11 Å². The highest BCUT2D eigenvalue weighted by molar-refractivity contribution is 4.88. The van der Waals surface area contributed by atoms with Crippen molar-refractivity contribution >= 4 is 0 Å². The van der Waals surface area contributed by atoms with Crippen molar-refractivity contribution in [3.05, 3.63) is 12.2 Å². The number of nitrogens with two attached hydrogens (primary N) is 1. The number of ether oxygens (including phenoxy) is 1. The number of hydrogen-bond donors (Lipinski definition) is 1. The molecule has 0 aromatic carbocycles. The van der Waals surface area contributed by atoms with Gasteiger partial charge in [0.05, 0.1) is 6.10 Å². The third-order valence-electron chi connectivity index (χ3n) is 2.29. The van der Waals surface area contributed by atoms with E-state index in [9.17, 15) is 0 Å². The van der Waals surface area contributed by atoms with E-state index >= 15 is 0 Å². The van der Waals surface area contributed by atoms with Gasteiger partial charge < -0.3 is 10.5 Å². The smallest absolute Gasteiger partial charge is 0.138 e. The highest BCUT2D eigenvalue weighted by Crippen LogP contribution is 2.04. The molecular formula is C9H18N4O. The lowest BCUT2D eigenvalue weighted by molar-refractivity contribution is 0.104. The summed E-state index contributed by atoms with van der Waals surface area (Å²) in [6.45, 7) is 2.01. The van der Waals surface area contributed by atoms with Gasteiger partial charge in [-0.1, -0.05) is 0 Å². The zero-order valence-electron chi connectivity index (χ0n) is 8.97. The van der Waals surface area contributed by atoms with E-state index < -0.39 is 0 Å². The summed E-state index contributed by atoms with van der Waals surface area (Å²) in [4.78, 5) is 4.12. The van der Waals surface area contributed by atoms with Gasteiger partial charge in [0.25, 0.3) is 0 Å².